The van der Waals surface area contributed by atoms with Crippen LogP contribution in [-0.4, -0.2) is 5.91 Å². The fourth-order valence-electron chi connectivity index (χ4n) is 0.732. The molecule has 1 aromatic carbocycles. The zero-order chi connectivity index (χ0) is 8.97. The van der Waals surface area contributed by atoms with Gasteiger partial charge in [-0.2, -0.15) is 0 Å². The van der Waals surface area contributed by atoms with Gasteiger partial charge in [-0.3, -0.25) is 0 Å². The van der Waals surface area contributed by atoms with Crippen LogP contribution in [0.25, 0.3) is 0 Å². The van der Waals surface area contributed by atoms with Crippen LogP contribution < -0.4 is 5.32 Å². The number of amides is 1. The summed E-state index contributed by atoms with van der Waals surface area (Å²) in [4.78, 5) is 11.7. The number of anilines is 1. The van der Waals surface area contributed by atoms with Gasteiger partial charge in [0, 0.05) is 0 Å². The third-order valence-electron chi connectivity index (χ3n) is 1.25. The Bertz CT molecular complexity index is 273. The van der Waals surface area contributed by atoms with E-state index in [1.165, 1.54) is 0 Å². The molecular formula is C8H8CuNOS. The molecular weight excluding hydrogens is 222 g/mol. The molecule has 0 saturated carbocycles. The van der Waals surface area contributed by atoms with Crippen molar-refractivity contribution >= 4 is 24.2 Å². The average molecular weight is 230 g/mol. The van der Waals surface area contributed by atoms with Gasteiger partial charge in [0.1, 0.15) is 0 Å². The van der Waals surface area contributed by atoms with Gasteiger partial charge in [-0.15, -0.1) is 0 Å². The van der Waals surface area contributed by atoms with Crippen LogP contribution in [0.2, 0.25) is 5.32 Å². The molecule has 12 heavy (non-hydrogen) atoms. The van der Waals surface area contributed by atoms with E-state index < -0.39 is 0 Å². The number of hydrogen-bond acceptors (Lipinski definition) is 2. The Kier molecular flexibility index (Phi) is 3.66. The van der Waals surface area contributed by atoms with Crippen molar-refractivity contribution in [2.45, 2.75) is 10.2 Å². The molecule has 1 amide bonds. The molecule has 0 heterocycles. The predicted octanol–water partition coefficient (Wildman–Crippen LogP) is 1.88. The van der Waals surface area contributed by atoms with E-state index in [2.05, 4.69) is 17.9 Å². The van der Waals surface area contributed by atoms with E-state index >= 15 is 0 Å². The molecule has 1 aromatic rings. The van der Waals surface area contributed by atoms with E-state index in [-0.39, 0.29) is 11.2 Å². The van der Waals surface area contributed by atoms with Crippen molar-refractivity contribution in [2.24, 2.45) is 0 Å². The standard InChI is InChI=1S/C8H8NOS.Cu/c1-6(10)9-7-2-4-8(11)5-3-7;/h2-5,11H,1H2,(H,9,10);. The van der Waals surface area contributed by atoms with E-state index in [0.29, 0.717) is 0 Å². The summed E-state index contributed by atoms with van der Waals surface area (Å²) in [5, 5.41) is 2.70. The normalized spacial score (nSPS) is 9.58. The Balaban J connectivity index is 2.64. The van der Waals surface area contributed by atoms with Crippen molar-refractivity contribution in [1.29, 1.82) is 0 Å². The Morgan fingerprint density at radius 3 is 2.50 bits per heavy atom. The minimum absolute atomic E-state index is 0.0651. The van der Waals surface area contributed by atoms with Crippen LogP contribution in [0, 0.1) is 0 Å². The number of carbonyl (C=O) groups is 1. The van der Waals surface area contributed by atoms with Crippen molar-refractivity contribution in [3.05, 3.63) is 24.3 Å². The van der Waals surface area contributed by atoms with Crippen LogP contribution in [0.5, 0.6) is 0 Å². The molecule has 0 spiro atoms. The zero-order valence-electron chi connectivity index (χ0n) is 6.17. The predicted molar refractivity (Wildman–Crippen MR) is 47.1 cm³/mol. The average Bonchev–Trinajstić information content (AvgIpc) is 2.09. The van der Waals surface area contributed by atoms with Gasteiger partial charge in [-0.25, -0.2) is 0 Å². The summed E-state index contributed by atoms with van der Waals surface area (Å²) in [6.45, 7) is 0. The summed E-state index contributed by atoms with van der Waals surface area (Å²) in [7, 11) is 0. The Hall–Kier alpha value is -0.441. The fraction of sp³-hybridized carbons (Fsp3) is 0.125. The second-order valence-electron chi connectivity index (χ2n) is 2.20. The quantitative estimate of drug-likeness (QED) is 0.589. The van der Waals surface area contributed by atoms with Crippen molar-refractivity contribution < 1.29 is 20.8 Å². The summed E-state index contributed by atoms with van der Waals surface area (Å²) in [5.74, 6) is -0.165. The molecule has 0 saturated heterocycles. The molecule has 0 aliphatic heterocycles. The van der Waals surface area contributed by atoms with Crippen LogP contribution in [-0.2, 0) is 20.8 Å². The Morgan fingerprint density at radius 1 is 1.42 bits per heavy atom. The molecule has 0 radical (unpaired) electrons. The van der Waals surface area contributed by atoms with Gasteiger partial charge in [-0.1, -0.05) is 0 Å². The maximum atomic E-state index is 10.8. The van der Waals surface area contributed by atoms with Gasteiger partial charge in [0.2, 0.25) is 0 Å². The number of nitrogens with one attached hydrogen (secondary N) is 1. The fourth-order valence-corrected chi connectivity index (χ4v) is 0.965. The number of rotatable bonds is 2. The van der Waals surface area contributed by atoms with Gasteiger partial charge >= 0.3 is 84.8 Å². The van der Waals surface area contributed by atoms with Crippen molar-refractivity contribution in [3.63, 3.8) is 0 Å². The van der Waals surface area contributed by atoms with E-state index in [1.54, 1.807) is 24.3 Å². The number of hydrogen-bond donors (Lipinski definition) is 2. The van der Waals surface area contributed by atoms with Gasteiger partial charge in [0.05, 0.1) is 0 Å². The van der Waals surface area contributed by atoms with Gasteiger partial charge in [0.15, 0.2) is 0 Å². The number of benzene rings is 1. The monoisotopic (exact) mass is 229 g/mol. The second-order valence-corrected chi connectivity index (χ2v) is 3.05. The second kappa shape index (κ2) is 4.55. The Morgan fingerprint density at radius 2 is 2.00 bits per heavy atom. The van der Waals surface area contributed by atoms with E-state index in [4.69, 9.17) is 16.0 Å². The summed E-state index contributed by atoms with van der Waals surface area (Å²) >= 11 is 8.82. The van der Waals surface area contributed by atoms with Crippen molar-refractivity contribution in [2.75, 3.05) is 5.32 Å². The molecule has 0 fully saturated rings. The third-order valence-corrected chi connectivity index (χ3v) is 1.85. The molecule has 1 N–H and O–H groups in total. The summed E-state index contributed by atoms with van der Waals surface area (Å²) in [6, 6.07) is 7.17. The van der Waals surface area contributed by atoms with Crippen molar-refractivity contribution in [1.82, 2.24) is 0 Å². The van der Waals surface area contributed by atoms with Gasteiger partial charge in [0.25, 0.3) is 0 Å². The molecule has 0 unspecified atom stereocenters. The molecule has 0 aromatic heterocycles. The molecule has 2 nitrogen and oxygen atoms in total. The molecule has 68 valence electrons. The van der Waals surface area contributed by atoms with Crippen LogP contribution >= 0.6 is 12.6 Å². The molecule has 0 aliphatic rings. The Labute approximate surface area is 85.0 Å². The first-order valence-electron chi connectivity index (χ1n) is 3.32. The zero-order valence-corrected chi connectivity index (χ0v) is 8.01. The van der Waals surface area contributed by atoms with Crippen LogP contribution in [0.4, 0.5) is 5.69 Å². The molecule has 4 heteroatoms. The number of thiol groups is 1. The van der Waals surface area contributed by atoms with Crippen LogP contribution in [0.3, 0.4) is 0 Å². The maximum absolute atomic E-state index is 10.8. The minimum atomic E-state index is -0.165. The SMILES string of the molecule is O=C([CH2][Cu])Nc1ccc(S)cc1. The first-order chi connectivity index (χ1) is 5.72. The topological polar surface area (TPSA) is 29.1 Å². The van der Waals surface area contributed by atoms with Crippen molar-refractivity contribution in [3.8, 4) is 0 Å². The van der Waals surface area contributed by atoms with Crippen LogP contribution in [0.15, 0.2) is 29.2 Å². The van der Waals surface area contributed by atoms with E-state index in [0.717, 1.165) is 10.6 Å². The molecule has 0 aliphatic carbocycles. The van der Waals surface area contributed by atoms with E-state index in [1.807, 2.05) is 0 Å². The third kappa shape index (κ3) is 2.89. The van der Waals surface area contributed by atoms with E-state index in [9.17, 15) is 4.79 Å². The van der Waals surface area contributed by atoms with Crippen LogP contribution in [0.1, 0.15) is 0 Å². The summed E-state index contributed by atoms with van der Waals surface area (Å²) < 4.78 is 0. The molecule has 0 bridgehead atoms. The first kappa shape index (κ1) is 9.65. The molecule has 1 rings (SSSR count). The summed E-state index contributed by atoms with van der Waals surface area (Å²) in [5.41, 5.74) is 0.749. The number of carbonyl (C=O) groups excluding carboxylic acids is 1. The van der Waals surface area contributed by atoms with Gasteiger partial charge < -0.3 is 0 Å². The first-order valence-corrected chi connectivity index (χ1v) is 4.43. The summed E-state index contributed by atoms with van der Waals surface area (Å²) in [6.07, 6.45) is 0. The molecule has 0 atom stereocenters. The van der Waals surface area contributed by atoms with Gasteiger partial charge in [-0.05, 0) is 0 Å².